The van der Waals surface area contributed by atoms with Crippen LogP contribution in [0.3, 0.4) is 0 Å². The van der Waals surface area contributed by atoms with E-state index in [-0.39, 0.29) is 0 Å². The van der Waals surface area contributed by atoms with Crippen molar-refractivity contribution in [2.45, 2.75) is 77.6 Å². The van der Waals surface area contributed by atoms with Crippen molar-refractivity contribution in [3.05, 3.63) is 23.3 Å². The van der Waals surface area contributed by atoms with E-state index in [1.807, 2.05) is 12.1 Å². The van der Waals surface area contributed by atoms with E-state index in [9.17, 15) is 0 Å². The number of unbranched alkanes of at least 4 members (excludes halogenated alkanes) is 9. The minimum atomic E-state index is 0.469. The van der Waals surface area contributed by atoms with E-state index in [0.29, 0.717) is 10.7 Å². The monoisotopic (exact) mass is 350 g/mol. The third-order valence-electron chi connectivity index (χ3n) is 4.49. The number of ether oxygens (including phenoxy) is 1. The summed E-state index contributed by atoms with van der Waals surface area (Å²) in [5.41, 5.74) is 15.3. The summed E-state index contributed by atoms with van der Waals surface area (Å²) in [7, 11) is 1.59. The summed E-state index contributed by atoms with van der Waals surface area (Å²) >= 11 is 5.27. The Morgan fingerprint density at radius 3 is 2.00 bits per heavy atom. The van der Waals surface area contributed by atoms with E-state index >= 15 is 0 Å². The molecule has 0 aliphatic rings. The van der Waals surface area contributed by atoms with Crippen LogP contribution in [0.15, 0.2) is 12.1 Å². The molecule has 0 unspecified atom stereocenters. The highest BCUT2D eigenvalue weighted by Gasteiger charge is 2.12. The van der Waals surface area contributed by atoms with Crippen LogP contribution in [0.25, 0.3) is 0 Å². The minimum Gasteiger partial charge on any atom is -0.486 e. The molecule has 0 heterocycles. The number of nitrogens with two attached hydrogens (primary N) is 2. The number of anilines is 2. The van der Waals surface area contributed by atoms with E-state index in [1.54, 1.807) is 7.11 Å². The van der Waals surface area contributed by atoms with Gasteiger partial charge in [0.05, 0.1) is 7.11 Å². The molecule has 0 atom stereocenters. The SMILES string of the molecule is CCCCCCCCCCCCc1c(N)cc(N)cc1C(=S)OC. The summed E-state index contributed by atoms with van der Waals surface area (Å²) in [6, 6.07) is 3.68. The predicted molar refractivity (Wildman–Crippen MR) is 110 cm³/mol. The van der Waals surface area contributed by atoms with Gasteiger partial charge in [0.25, 0.3) is 0 Å². The molecule has 1 rings (SSSR count). The fraction of sp³-hybridized carbons (Fsp3) is 0.650. The summed E-state index contributed by atoms with van der Waals surface area (Å²) in [6.45, 7) is 2.26. The number of nitrogen functional groups attached to an aromatic ring is 2. The number of hydrogen-bond acceptors (Lipinski definition) is 4. The molecule has 0 aliphatic heterocycles. The molecule has 4 N–H and O–H groups in total. The van der Waals surface area contributed by atoms with E-state index < -0.39 is 0 Å². The predicted octanol–water partition coefficient (Wildman–Crippen LogP) is 5.64. The minimum absolute atomic E-state index is 0.469. The maximum Gasteiger partial charge on any atom is 0.191 e. The molecular weight excluding hydrogens is 316 g/mol. The van der Waals surface area contributed by atoms with Crippen molar-refractivity contribution in [2.24, 2.45) is 0 Å². The van der Waals surface area contributed by atoms with Crippen LogP contribution in [-0.2, 0) is 11.2 Å². The van der Waals surface area contributed by atoms with Crippen molar-refractivity contribution in [1.82, 2.24) is 0 Å². The average molecular weight is 351 g/mol. The van der Waals surface area contributed by atoms with Crippen LogP contribution in [-0.4, -0.2) is 12.2 Å². The number of hydrogen-bond donors (Lipinski definition) is 2. The fourth-order valence-corrected chi connectivity index (χ4v) is 3.26. The molecule has 0 saturated heterocycles. The molecule has 0 aliphatic carbocycles. The number of thiocarbonyl (C=S) groups is 1. The van der Waals surface area contributed by atoms with Crippen LogP contribution in [0.4, 0.5) is 11.4 Å². The molecule has 0 radical (unpaired) electrons. The Hall–Kier alpha value is -1.29. The van der Waals surface area contributed by atoms with Crippen LogP contribution in [0.5, 0.6) is 0 Å². The molecule has 0 amide bonds. The molecular formula is C20H34N2OS. The van der Waals surface area contributed by atoms with Gasteiger partial charge in [0.2, 0.25) is 0 Å². The Labute approximate surface area is 153 Å². The Morgan fingerprint density at radius 2 is 1.46 bits per heavy atom. The first-order valence-corrected chi connectivity index (χ1v) is 9.77. The van der Waals surface area contributed by atoms with Crippen molar-refractivity contribution in [2.75, 3.05) is 18.6 Å². The zero-order valence-electron chi connectivity index (χ0n) is 15.4. The highest BCUT2D eigenvalue weighted by Crippen LogP contribution is 2.25. The van der Waals surface area contributed by atoms with Crippen LogP contribution in [0.2, 0.25) is 0 Å². The lowest BCUT2D eigenvalue weighted by atomic mass is 9.98. The Balaban J connectivity index is 2.31. The van der Waals surface area contributed by atoms with E-state index in [2.05, 4.69) is 6.92 Å². The Morgan fingerprint density at radius 1 is 0.917 bits per heavy atom. The number of rotatable bonds is 12. The van der Waals surface area contributed by atoms with E-state index in [1.165, 1.54) is 57.8 Å². The fourth-order valence-electron chi connectivity index (χ4n) is 3.08. The lowest BCUT2D eigenvalue weighted by Gasteiger charge is -2.14. The van der Waals surface area contributed by atoms with Crippen LogP contribution in [0, 0.1) is 0 Å². The van der Waals surface area contributed by atoms with E-state index in [4.69, 9.17) is 28.4 Å². The molecule has 1 aromatic rings. The van der Waals surface area contributed by atoms with Crippen LogP contribution >= 0.6 is 12.2 Å². The standard InChI is InChI=1S/C20H34N2OS/c1-3-4-5-6-7-8-9-10-11-12-13-17-18(20(24)23-2)14-16(21)15-19(17)22/h14-15H,3-13,21-22H2,1-2H3. The van der Waals surface area contributed by atoms with Gasteiger partial charge in [0, 0.05) is 16.9 Å². The van der Waals surface area contributed by atoms with Crippen molar-refractivity contribution in [1.29, 1.82) is 0 Å². The molecule has 4 heteroatoms. The molecule has 0 aromatic heterocycles. The van der Waals surface area contributed by atoms with Gasteiger partial charge in [-0.2, -0.15) is 0 Å². The van der Waals surface area contributed by atoms with Gasteiger partial charge in [0.15, 0.2) is 5.05 Å². The summed E-state index contributed by atoms with van der Waals surface area (Å²) in [4.78, 5) is 0. The van der Waals surface area contributed by atoms with Gasteiger partial charge in [-0.1, -0.05) is 64.7 Å². The smallest absolute Gasteiger partial charge is 0.191 e. The van der Waals surface area contributed by atoms with Gasteiger partial charge in [-0.25, -0.2) is 0 Å². The third-order valence-corrected chi connectivity index (χ3v) is 4.88. The first kappa shape index (κ1) is 20.8. The van der Waals surface area contributed by atoms with Gasteiger partial charge in [0.1, 0.15) is 0 Å². The third kappa shape index (κ3) is 7.52. The normalized spacial score (nSPS) is 10.8. The largest absolute Gasteiger partial charge is 0.486 e. The highest BCUT2D eigenvalue weighted by molar-refractivity contribution is 7.80. The van der Waals surface area contributed by atoms with Crippen LogP contribution in [0.1, 0.15) is 82.3 Å². The quantitative estimate of drug-likeness (QED) is 0.291. The maximum absolute atomic E-state index is 6.14. The second-order valence-corrected chi connectivity index (χ2v) is 6.93. The first-order valence-electron chi connectivity index (χ1n) is 9.36. The highest BCUT2D eigenvalue weighted by atomic mass is 32.1. The molecule has 24 heavy (non-hydrogen) atoms. The Bertz CT molecular complexity index is 503. The summed E-state index contributed by atoms with van der Waals surface area (Å²) < 4.78 is 5.21. The number of methoxy groups -OCH3 is 1. The second-order valence-electron chi connectivity index (χ2n) is 6.56. The summed E-state index contributed by atoms with van der Waals surface area (Å²) in [5, 5.41) is 0.469. The zero-order chi connectivity index (χ0) is 17.8. The second kappa shape index (κ2) is 12.1. The molecule has 1 aromatic carbocycles. The lowest BCUT2D eigenvalue weighted by molar-refractivity contribution is 0.415. The Kier molecular flexibility index (Phi) is 10.5. The van der Waals surface area contributed by atoms with Crippen molar-refractivity contribution < 1.29 is 4.74 Å². The van der Waals surface area contributed by atoms with Gasteiger partial charge in [-0.15, -0.1) is 0 Å². The van der Waals surface area contributed by atoms with Gasteiger partial charge >= 0.3 is 0 Å². The molecule has 3 nitrogen and oxygen atoms in total. The van der Waals surface area contributed by atoms with Crippen molar-refractivity contribution in [3.8, 4) is 0 Å². The summed E-state index contributed by atoms with van der Waals surface area (Å²) in [5.74, 6) is 0. The molecule has 136 valence electrons. The average Bonchev–Trinajstić information content (AvgIpc) is 2.57. The molecule has 0 spiro atoms. The molecule has 0 fully saturated rings. The van der Waals surface area contributed by atoms with Crippen molar-refractivity contribution >= 4 is 28.6 Å². The topological polar surface area (TPSA) is 61.3 Å². The lowest BCUT2D eigenvalue weighted by Crippen LogP contribution is -2.09. The zero-order valence-corrected chi connectivity index (χ0v) is 16.2. The first-order chi connectivity index (χ1) is 11.6. The molecule has 0 saturated carbocycles. The van der Waals surface area contributed by atoms with Gasteiger partial charge < -0.3 is 16.2 Å². The van der Waals surface area contributed by atoms with Crippen molar-refractivity contribution in [3.63, 3.8) is 0 Å². The van der Waals surface area contributed by atoms with Gasteiger partial charge in [-0.3, -0.25) is 0 Å². The van der Waals surface area contributed by atoms with Crippen LogP contribution < -0.4 is 11.5 Å². The number of benzene rings is 1. The summed E-state index contributed by atoms with van der Waals surface area (Å²) in [6.07, 6.45) is 14.2. The van der Waals surface area contributed by atoms with E-state index in [0.717, 1.165) is 29.7 Å². The van der Waals surface area contributed by atoms with Gasteiger partial charge in [-0.05, 0) is 42.8 Å². The maximum atomic E-state index is 6.14. The molecule has 0 bridgehead atoms.